The van der Waals surface area contributed by atoms with Crippen molar-refractivity contribution in [2.75, 3.05) is 25.0 Å². The van der Waals surface area contributed by atoms with Crippen molar-refractivity contribution in [3.8, 4) is 0 Å². The summed E-state index contributed by atoms with van der Waals surface area (Å²) in [7, 11) is 1.93. The smallest absolute Gasteiger partial charge is 0.252 e. The first-order valence-corrected chi connectivity index (χ1v) is 6.87. The van der Waals surface area contributed by atoms with Crippen LogP contribution in [0.1, 0.15) is 40.9 Å². The molecule has 0 spiro atoms. The van der Waals surface area contributed by atoms with E-state index >= 15 is 0 Å². The lowest BCUT2D eigenvalue weighted by molar-refractivity contribution is 0.100. The Labute approximate surface area is 114 Å². The predicted octanol–water partition coefficient (Wildman–Crippen LogP) is 0.844. The molecule has 0 fully saturated rings. The number of hydrogen-bond acceptors (Lipinski definition) is 4. The third-order valence-corrected chi connectivity index (χ3v) is 3.61. The van der Waals surface area contributed by atoms with E-state index in [0.717, 1.165) is 37.9 Å². The van der Waals surface area contributed by atoms with Crippen molar-refractivity contribution < 1.29 is 4.79 Å². The number of aromatic nitrogens is 1. The van der Waals surface area contributed by atoms with Crippen LogP contribution in [0.2, 0.25) is 0 Å². The Balaban J connectivity index is 2.36. The molecule has 1 aromatic heterocycles. The van der Waals surface area contributed by atoms with Crippen LogP contribution in [0, 0.1) is 0 Å². The topological polar surface area (TPSA) is 85.2 Å². The minimum Gasteiger partial charge on any atom is -0.365 e. The first kappa shape index (κ1) is 13.8. The van der Waals surface area contributed by atoms with E-state index in [1.54, 1.807) is 0 Å². The van der Waals surface area contributed by atoms with Gasteiger partial charge in [0.2, 0.25) is 0 Å². The van der Waals surface area contributed by atoms with Gasteiger partial charge in [-0.05, 0) is 50.3 Å². The zero-order chi connectivity index (χ0) is 13.8. The second-order valence-electron chi connectivity index (χ2n) is 5.10. The van der Waals surface area contributed by atoms with Crippen molar-refractivity contribution in [2.24, 2.45) is 11.5 Å². The molecule has 2 rings (SSSR count). The molecule has 0 radical (unpaired) electrons. The Morgan fingerprint density at radius 2 is 2.16 bits per heavy atom. The van der Waals surface area contributed by atoms with Crippen LogP contribution in [0.3, 0.4) is 0 Å². The molecular formula is C14H22N4O. The van der Waals surface area contributed by atoms with E-state index in [2.05, 4.69) is 4.98 Å². The normalized spacial score (nSPS) is 14.0. The summed E-state index contributed by atoms with van der Waals surface area (Å²) in [5.74, 6) is 0.289. The number of anilines is 1. The van der Waals surface area contributed by atoms with E-state index in [-0.39, 0.29) is 0 Å². The average molecular weight is 262 g/mol. The zero-order valence-corrected chi connectivity index (χ0v) is 11.5. The molecule has 0 bridgehead atoms. The van der Waals surface area contributed by atoms with Crippen LogP contribution in [0.5, 0.6) is 0 Å². The number of hydrogen-bond donors (Lipinski definition) is 2. The van der Waals surface area contributed by atoms with Crippen molar-refractivity contribution in [3.63, 3.8) is 0 Å². The summed E-state index contributed by atoms with van der Waals surface area (Å²) in [4.78, 5) is 18.3. The van der Waals surface area contributed by atoms with E-state index < -0.39 is 5.91 Å². The lowest BCUT2D eigenvalue weighted by atomic mass is 9.94. The van der Waals surface area contributed by atoms with Gasteiger partial charge in [-0.2, -0.15) is 0 Å². The maximum absolute atomic E-state index is 11.6. The number of pyridine rings is 1. The highest BCUT2D eigenvalue weighted by Crippen LogP contribution is 2.26. The number of primary amides is 1. The second kappa shape index (κ2) is 6.02. The lowest BCUT2D eigenvalue weighted by Gasteiger charge is -2.24. The van der Waals surface area contributed by atoms with E-state index in [9.17, 15) is 4.79 Å². The molecule has 104 valence electrons. The largest absolute Gasteiger partial charge is 0.365 e. The van der Waals surface area contributed by atoms with Crippen LogP contribution >= 0.6 is 0 Å². The third kappa shape index (κ3) is 3.04. The molecule has 0 saturated heterocycles. The summed E-state index contributed by atoms with van der Waals surface area (Å²) in [6, 6.07) is 1.93. The number of fused-ring (bicyclic) bond motifs is 1. The lowest BCUT2D eigenvalue weighted by Crippen LogP contribution is -2.27. The predicted molar refractivity (Wildman–Crippen MR) is 76.3 cm³/mol. The van der Waals surface area contributed by atoms with Gasteiger partial charge in [-0.1, -0.05) is 0 Å². The maximum atomic E-state index is 11.6. The van der Waals surface area contributed by atoms with Crippen LogP contribution in [-0.2, 0) is 12.8 Å². The Morgan fingerprint density at radius 3 is 2.84 bits per heavy atom. The van der Waals surface area contributed by atoms with Crippen molar-refractivity contribution in [1.29, 1.82) is 0 Å². The summed E-state index contributed by atoms with van der Waals surface area (Å²) in [6.07, 6.45) is 5.19. The molecule has 1 heterocycles. The summed E-state index contributed by atoms with van der Waals surface area (Å²) in [5, 5.41) is 0. The summed E-state index contributed by atoms with van der Waals surface area (Å²) >= 11 is 0. The molecule has 5 heteroatoms. The number of rotatable bonds is 5. The maximum Gasteiger partial charge on any atom is 0.252 e. The van der Waals surface area contributed by atoms with E-state index in [4.69, 9.17) is 11.5 Å². The molecule has 1 aliphatic carbocycles. The Hall–Kier alpha value is -1.62. The minimum atomic E-state index is -0.407. The highest BCUT2D eigenvalue weighted by Gasteiger charge is 2.19. The monoisotopic (exact) mass is 262 g/mol. The fourth-order valence-corrected chi connectivity index (χ4v) is 2.53. The van der Waals surface area contributed by atoms with E-state index in [1.807, 2.05) is 18.0 Å². The number of nitrogens with zero attached hydrogens (tertiary/aromatic N) is 2. The number of aryl methyl sites for hydroxylation is 2. The fourth-order valence-electron chi connectivity index (χ4n) is 2.53. The van der Waals surface area contributed by atoms with E-state index in [0.29, 0.717) is 17.9 Å². The van der Waals surface area contributed by atoms with Gasteiger partial charge in [0.15, 0.2) is 0 Å². The van der Waals surface area contributed by atoms with E-state index in [1.165, 1.54) is 12.0 Å². The summed E-state index contributed by atoms with van der Waals surface area (Å²) in [6.45, 7) is 1.41. The van der Waals surface area contributed by atoms with Crippen molar-refractivity contribution in [2.45, 2.75) is 32.1 Å². The molecular weight excluding hydrogens is 240 g/mol. The van der Waals surface area contributed by atoms with Gasteiger partial charge in [-0.3, -0.25) is 4.79 Å². The Bertz CT molecular complexity index is 473. The number of carbonyl (C=O) groups is 1. The molecule has 4 N–H and O–H groups in total. The molecule has 5 nitrogen and oxygen atoms in total. The van der Waals surface area contributed by atoms with Gasteiger partial charge in [-0.25, -0.2) is 4.98 Å². The molecule has 1 amide bonds. The van der Waals surface area contributed by atoms with Gasteiger partial charge in [0, 0.05) is 19.3 Å². The molecule has 19 heavy (non-hydrogen) atoms. The fraction of sp³-hybridized carbons (Fsp3) is 0.571. The van der Waals surface area contributed by atoms with Gasteiger partial charge in [0.1, 0.15) is 5.82 Å². The average Bonchev–Trinajstić information content (AvgIpc) is 2.43. The van der Waals surface area contributed by atoms with Gasteiger partial charge in [0.05, 0.1) is 5.56 Å². The SMILES string of the molecule is CN(CCCN)c1nc2c(cc1C(N)=O)CCCC2. The zero-order valence-electron chi connectivity index (χ0n) is 11.5. The van der Waals surface area contributed by atoms with Crippen LogP contribution in [0.25, 0.3) is 0 Å². The first-order valence-electron chi connectivity index (χ1n) is 6.87. The van der Waals surface area contributed by atoms with Crippen LogP contribution in [-0.4, -0.2) is 31.0 Å². The highest BCUT2D eigenvalue weighted by molar-refractivity contribution is 5.98. The number of carbonyl (C=O) groups excluding carboxylic acids is 1. The molecule has 0 saturated carbocycles. The molecule has 0 aromatic carbocycles. The highest BCUT2D eigenvalue weighted by atomic mass is 16.1. The standard InChI is InChI=1S/C14H22N4O/c1-18(8-4-7-15)14-11(13(16)19)9-10-5-2-3-6-12(10)17-14/h9H,2-8,15H2,1H3,(H2,16,19). The quantitative estimate of drug-likeness (QED) is 0.823. The molecule has 1 aliphatic rings. The Morgan fingerprint density at radius 1 is 1.42 bits per heavy atom. The third-order valence-electron chi connectivity index (χ3n) is 3.61. The van der Waals surface area contributed by atoms with Gasteiger partial charge < -0.3 is 16.4 Å². The number of nitrogens with two attached hydrogens (primary N) is 2. The van der Waals surface area contributed by atoms with Gasteiger partial charge in [-0.15, -0.1) is 0 Å². The molecule has 1 aromatic rings. The van der Waals surface area contributed by atoms with Gasteiger partial charge in [0.25, 0.3) is 5.91 Å². The van der Waals surface area contributed by atoms with Gasteiger partial charge >= 0.3 is 0 Å². The molecule has 0 aliphatic heterocycles. The van der Waals surface area contributed by atoms with Crippen LogP contribution in [0.4, 0.5) is 5.82 Å². The summed E-state index contributed by atoms with van der Waals surface area (Å²) < 4.78 is 0. The first-order chi connectivity index (χ1) is 9.13. The molecule has 0 atom stereocenters. The van der Waals surface area contributed by atoms with Crippen LogP contribution in [0.15, 0.2) is 6.07 Å². The van der Waals surface area contributed by atoms with Crippen molar-refractivity contribution >= 4 is 11.7 Å². The minimum absolute atomic E-state index is 0.407. The summed E-state index contributed by atoms with van der Waals surface area (Å²) in [5.41, 5.74) is 13.8. The molecule has 0 unspecified atom stereocenters. The van der Waals surface area contributed by atoms with Crippen LogP contribution < -0.4 is 16.4 Å². The number of amides is 1. The van der Waals surface area contributed by atoms with Crippen molar-refractivity contribution in [3.05, 3.63) is 22.9 Å². The Kier molecular flexibility index (Phi) is 4.37. The van der Waals surface area contributed by atoms with Crippen molar-refractivity contribution in [1.82, 2.24) is 4.98 Å². The second-order valence-corrected chi connectivity index (χ2v) is 5.10.